The van der Waals surface area contributed by atoms with E-state index in [9.17, 15) is 0 Å². The quantitative estimate of drug-likeness (QED) is 0.172. The van der Waals surface area contributed by atoms with Gasteiger partial charge in [-0.05, 0) is 184 Å². The van der Waals surface area contributed by atoms with Gasteiger partial charge < -0.3 is 9.64 Å². The van der Waals surface area contributed by atoms with E-state index in [2.05, 4.69) is 184 Å². The Labute approximate surface area is 361 Å². The minimum Gasteiger partial charge on any atom is -0.457 e. The van der Waals surface area contributed by atoms with Gasteiger partial charge in [0.1, 0.15) is 11.5 Å². The van der Waals surface area contributed by atoms with Crippen molar-refractivity contribution in [3.05, 3.63) is 174 Å². The van der Waals surface area contributed by atoms with E-state index < -0.39 is 0 Å². The fraction of sp³-hybridized carbons (Fsp3) is 0.322. The molecule has 4 atom stereocenters. The lowest BCUT2D eigenvalue weighted by Crippen LogP contribution is -2.64. The molecule has 6 aliphatic rings. The lowest BCUT2D eigenvalue weighted by Gasteiger charge is -2.66. The summed E-state index contributed by atoms with van der Waals surface area (Å²) in [5, 5.41) is 2.55. The monoisotopic (exact) mass is 793 g/mol. The first kappa shape index (κ1) is 36.1. The average molecular weight is 794 g/mol. The molecule has 302 valence electrons. The molecule has 7 aromatic carbocycles. The third-order valence-corrected chi connectivity index (χ3v) is 17.4. The Hall–Kier alpha value is -5.60. The molecule has 3 bridgehead atoms. The lowest BCUT2D eigenvalue weighted by atomic mass is 9.37. The van der Waals surface area contributed by atoms with Crippen molar-refractivity contribution in [3.63, 3.8) is 0 Å². The highest BCUT2D eigenvalue weighted by Gasteiger charge is 2.79. The summed E-state index contributed by atoms with van der Waals surface area (Å²) in [7, 11) is 0. The molecule has 4 unspecified atom stereocenters. The molecule has 7 aromatic rings. The second-order valence-electron chi connectivity index (χ2n) is 21.4. The van der Waals surface area contributed by atoms with Crippen LogP contribution in [0.2, 0.25) is 0 Å². The molecule has 5 aliphatic carbocycles. The van der Waals surface area contributed by atoms with Crippen molar-refractivity contribution >= 4 is 27.8 Å². The number of ether oxygens (including phenoxy) is 1. The molecule has 13 rings (SSSR count). The highest BCUT2D eigenvalue weighted by molar-refractivity contribution is 5.88. The summed E-state index contributed by atoms with van der Waals surface area (Å²) in [6.07, 6.45) is 9.50. The molecule has 1 heterocycles. The third kappa shape index (κ3) is 5.03. The molecule has 2 heteroatoms. The summed E-state index contributed by atoms with van der Waals surface area (Å²) in [6, 6.07) is 57.5. The van der Waals surface area contributed by atoms with Crippen molar-refractivity contribution in [1.29, 1.82) is 0 Å². The Morgan fingerprint density at radius 2 is 0.984 bits per heavy atom. The van der Waals surface area contributed by atoms with Gasteiger partial charge in [0.2, 0.25) is 0 Å². The van der Waals surface area contributed by atoms with Crippen LogP contribution < -0.4 is 9.64 Å². The largest absolute Gasteiger partial charge is 0.457 e. The molecule has 0 saturated heterocycles. The fourth-order valence-corrected chi connectivity index (χ4v) is 14.7. The Bertz CT molecular complexity index is 2890. The molecule has 4 saturated carbocycles. The van der Waals surface area contributed by atoms with E-state index in [1.807, 2.05) is 0 Å². The molecular weight excluding hydrogens is 739 g/mol. The molecule has 0 radical (unpaired) electrons. The first-order valence-corrected chi connectivity index (χ1v) is 23.2. The number of rotatable bonds is 5. The number of para-hydroxylation sites is 1. The Morgan fingerprint density at radius 1 is 0.443 bits per heavy atom. The van der Waals surface area contributed by atoms with Crippen molar-refractivity contribution in [2.45, 2.75) is 88.9 Å². The topological polar surface area (TPSA) is 12.5 Å². The van der Waals surface area contributed by atoms with Gasteiger partial charge in [0.25, 0.3) is 0 Å². The van der Waals surface area contributed by atoms with Crippen molar-refractivity contribution in [2.75, 3.05) is 4.90 Å². The molecular formula is C59H55NO. The summed E-state index contributed by atoms with van der Waals surface area (Å²) in [5.41, 5.74) is 15.2. The summed E-state index contributed by atoms with van der Waals surface area (Å²) in [4.78, 5) is 2.55. The first-order valence-electron chi connectivity index (χ1n) is 23.2. The van der Waals surface area contributed by atoms with Crippen LogP contribution in [0.3, 0.4) is 0 Å². The maximum atomic E-state index is 6.91. The molecule has 0 amide bonds. The van der Waals surface area contributed by atoms with Gasteiger partial charge in [-0.2, -0.15) is 0 Å². The van der Waals surface area contributed by atoms with Gasteiger partial charge in [-0.15, -0.1) is 0 Å². The predicted octanol–water partition coefficient (Wildman–Crippen LogP) is 15.8. The van der Waals surface area contributed by atoms with Gasteiger partial charge >= 0.3 is 0 Å². The van der Waals surface area contributed by atoms with Crippen molar-refractivity contribution < 1.29 is 4.74 Å². The summed E-state index contributed by atoms with van der Waals surface area (Å²) < 4.78 is 6.91. The number of hydrogen-bond acceptors (Lipinski definition) is 2. The average Bonchev–Trinajstić information content (AvgIpc) is 3.68. The summed E-state index contributed by atoms with van der Waals surface area (Å²) in [6.45, 7) is 9.76. The molecule has 4 fully saturated rings. The van der Waals surface area contributed by atoms with E-state index in [1.54, 1.807) is 0 Å². The van der Waals surface area contributed by atoms with Gasteiger partial charge in [0.15, 0.2) is 0 Å². The van der Waals surface area contributed by atoms with Gasteiger partial charge in [-0.3, -0.25) is 0 Å². The molecule has 1 aliphatic heterocycles. The van der Waals surface area contributed by atoms with Crippen molar-refractivity contribution in [1.82, 2.24) is 0 Å². The Kier molecular flexibility index (Phi) is 7.40. The van der Waals surface area contributed by atoms with Crippen LogP contribution in [0, 0.1) is 29.1 Å². The van der Waals surface area contributed by atoms with E-state index >= 15 is 0 Å². The van der Waals surface area contributed by atoms with Crippen LogP contribution in [0.25, 0.3) is 33.0 Å². The Balaban J connectivity index is 0.929. The Morgan fingerprint density at radius 3 is 1.70 bits per heavy atom. The predicted molar refractivity (Wildman–Crippen MR) is 252 cm³/mol. The summed E-state index contributed by atoms with van der Waals surface area (Å²) >= 11 is 0. The number of anilines is 3. The van der Waals surface area contributed by atoms with Crippen LogP contribution in [0.15, 0.2) is 152 Å². The summed E-state index contributed by atoms with van der Waals surface area (Å²) in [5.74, 6) is 5.31. The number of fused-ring (bicyclic) bond motifs is 10. The van der Waals surface area contributed by atoms with Gasteiger partial charge in [-0.25, -0.2) is 0 Å². The van der Waals surface area contributed by atoms with E-state index in [-0.39, 0.29) is 16.2 Å². The highest BCUT2D eigenvalue weighted by atomic mass is 16.5. The molecule has 2 nitrogen and oxygen atoms in total. The SMILES string of the molecule is CC1(C)CCC(C)(C)c2cc(N(c3ccc(-c4ccc(-c5ccc6ccccc6c5)cc4)cc3)c3ccc4c(c3)C3(c5ccccc5O4)C4CC5CC6CC3C4(C5)C6)ccc21. The highest BCUT2D eigenvalue weighted by Crippen LogP contribution is 2.85. The standard InChI is InChI=1S/C59H55NO/c1-56(2)27-28-57(3,4)50-33-46(23-25-48(50)56)60(45-21-19-41(20-22-45)40-13-15-42(16-14-40)44-18-17-39-9-5-6-10-43(39)32-44)47-24-26-53-51(34-47)59(49-11-7-8-12-52(49)61-53)54-30-37-29-38-31-55(59)58(54,35-37)36-38/h5-26,32-34,37-38,54-55H,27-31,35-36H2,1-4H3. The normalized spacial score (nSPS) is 27.7. The van der Waals surface area contributed by atoms with Gasteiger partial charge in [0, 0.05) is 33.6 Å². The number of hydrogen-bond donors (Lipinski definition) is 0. The van der Waals surface area contributed by atoms with Crippen LogP contribution >= 0.6 is 0 Å². The van der Waals surface area contributed by atoms with Crippen molar-refractivity contribution in [2.24, 2.45) is 29.1 Å². The van der Waals surface area contributed by atoms with Crippen LogP contribution in [-0.2, 0) is 16.2 Å². The zero-order chi connectivity index (χ0) is 40.9. The second kappa shape index (κ2) is 12.5. The molecule has 0 N–H and O–H groups in total. The molecule has 2 spiro atoms. The van der Waals surface area contributed by atoms with Crippen LogP contribution in [0.4, 0.5) is 17.1 Å². The third-order valence-electron chi connectivity index (χ3n) is 17.4. The number of benzene rings is 7. The van der Waals surface area contributed by atoms with Crippen molar-refractivity contribution in [3.8, 4) is 33.8 Å². The van der Waals surface area contributed by atoms with E-state index in [0.29, 0.717) is 17.3 Å². The van der Waals surface area contributed by atoms with E-state index in [0.717, 1.165) is 23.3 Å². The minimum atomic E-state index is 0.0144. The van der Waals surface area contributed by atoms with E-state index in [1.165, 1.54) is 117 Å². The number of nitrogens with zero attached hydrogens (tertiary/aromatic N) is 1. The second-order valence-corrected chi connectivity index (χ2v) is 21.4. The van der Waals surface area contributed by atoms with Gasteiger partial charge in [0.05, 0.1) is 0 Å². The van der Waals surface area contributed by atoms with Crippen LogP contribution in [-0.4, -0.2) is 0 Å². The van der Waals surface area contributed by atoms with Crippen LogP contribution in [0.5, 0.6) is 11.5 Å². The smallest absolute Gasteiger partial charge is 0.131 e. The minimum absolute atomic E-state index is 0.0144. The first-order chi connectivity index (χ1) is 29.6. The van der Waals surface area contributed by atoms with Gasteiger partial charge in [-0.1, -0.05) is 125 Å². The lowest BCUT2D eigenvalue weighted by molar-refractivity contribution is -0.0882. The zero-order valence-corrected chi connectivity index (χ0v) is 36.0. The van der Waals surface area contributed by atoms with E-state index in [4.69, 9.17) is 4.74 Å². The maximum absolute atomic E-state index is 6.91. The maximum Gasteiger partial charge on any atom is 0.131 e. The van der Waals surface area contributed by atoms with Crippen LogP contribution in [0.1, 0.15) is 94.9 Å². The zero-order valence-electron chi connectivity index (χ0n) is 36.0. The fourth-order valence-electron chi connectivity index (χ4n) is 14.7. The molecule has 0 aromatic heterocycles. The molecule has 61 heavy (non-hydrogen) atoms.